The lowest BCUT2D eigenvalue weighted by Crippen LogP contribution is -2.33. The predicted molar refractivity (Wildman–Crippen MR) is 133 cm³/mol. The Hall–Kier alpha value is -3.46. The molecule has 2 aromatic carbocycles. The minimum Gasteiger partial charge on any atom is -0.370 e. The van der Waals surface area contributed by atoms with Crippen LogP contribution in [0.5, 0.6) is 0 Å². The van der Waals surface area contributed by atoms with Crippen molar-refractivity contribution in [2.45, 2.75) is 45.1 Å². The van der Waals surface area contributed by atoms with Crippen LogP contribution in [0, 0.1) is 11.7 Å². The van der Waals surface area contributed by atoms with E-state index in [2.05, 4.69) is 10.3 Å². The summed E-state index contributed by atoms with van der Waals surface area (Å²) in [5, 5.41) is 2.54. The van der Waals surface area contributed by atoms with Crippen molar-refractivity contribution in [3.63, 3.8) is 0 Å². The van der Waals surface area contributed by atoms with E-state index >= 15 is 0 Å². The van der Waals surface area contributed by atoms with Crippen molar-refractivity contribution in [2.75, 3.05) is 17.3 Å². The molecule has 3 aromatic rings. The second-order valence-corrected chi connectivity index (χ2v) is 9.20. The lowest BCUT2D eigenvalue weighted by atomic mass is 9.88. The van der Waals surface area contributed by atoms with Gasteiger partial charge < -0.3 is 15.2 Å². The van der Waals surface area contributed by atoms with Gasteiger partial charge in [-0.2, -0.15) is 0 Å². The quantitative estimate of drug-likeness (QED) is 0.498. The molecular weight excluding hydrogens is 473 g/mol. The van der Waals surface area contributed by atoms with Crippen LogP contribution in [0.1, 0.15) is 48.9 Å². The van der Waals surface area contributed by atoms with Gasteiger partial charge in [0.05, 0.1) is 16.1 Å². The van der Waals surface area contributed by atoms with Crippen LogP contribution in [-0.2, 0) is 16.1 Å². The first kappa shape index (κ1) is 24.7. The van der Waals surface area contributed by atoms with E-state index in [1.165, 1.54) is 18.6 Å². The molecule has 35 heavy (non-hydrogen) atoms. The molecule has 1 aliphatic rings. The largest absolute Gasteiger partial charge is 0.370 e. The van der Waals surface area contributed by atoms with E-state index in [9.17, 15) is 18.8 Å². The van der Waals surface area contributed by atoms with Gasteiger partial charge in [-0.3, -0.25) is 19.7 Å². The maximum atomic E-state index is 13.5. The number of nitrogens with one attached hydrogen (secondary N) is 1. The maximum Gasteiger partial charge on any atom is 0.258 e. The van der Waals surface area contributed by atoms with Gasteiger partial charge in [-0.05, 0) is 49.2 Å². The second-order valence-electron chi connectivity index (χ2n) is 8.79. The zero-order valence-electron chi connectivity index (χ0n) is 19.4. The summed E-state index contributed by atoms with van der Waals surface area (Å²) < 4.78 is 15.2. The summed E-state index contributed by atoms with van der Waals surface area (Å²) >= 11 is 5.81. The van der Waals surface area contributed by atoms with Crippen molar-refractivity contribution in [1.29, 1.82) is 0 Å². The highest BCUT2D eigenvalue weighted by Gasteiger charge is 2.25. The Morgan fingerprint density at radius 3 is 2.60 bits per heavy atom. The summed E-state index contributed by atoms with van der Waals surface area (Å²) in [5.74, 6) is -1.36. The number of halogens is 2. The number of nitrogens with zero attached hydrogens (tertiary/aromatic N) is 3. The number of primary amides is 1. The van der Waals surface area contributed by atoms with E-state index in [1.54, 1.807) is 28.6 Å². The topological polar surface area (TPSA) is 110 Å². The van der Waals surface area contributed by atoms with Crippen molar-refractivity contribution in [1.82, 2.24) is 9.55 Å². The number of carbonyl (C=O) groups is 3. The molecule has 0 aliphatic heterocycles. The number of benzene rings is 2. The van der Waals surface area contributed by atoms with Crippen LogP contribution < -0.4 is 16.0 Å². The van der Waals surface area contributed by atoms with E-state index in [1.807, 2.05) is 6.07 Å². The standard InChI is InChI=1S/C25H27ClFN5O3/c1-31(24(35)15-5-3-2-4-6-15)17-8-10-21-20(14-17)29-25(32(21)12-11-22(28)33)30-23(34)16-7-9-19(27)18(26)13-16/h7-10,13-15H,2-6,11-12H2,1H3,(H2,28,33)(H,29,30,34). The Morgan fingerprint density at radius 2 is 1.91 bits per heavy atom. The molecule has 0 bridgehead atoms. The average molecular weight is 500 g/mol. The molecule has 0 spiro atoms. The van der Waals surface area contributed by atoms with Crippen molar-refractivity contribution in [2.24, 2.45) is 11.7 Å². The molecular formula is C25H27ClFN5O3. The molecule has 8 nitrogen and oxygen atoms in total. The van der Waals surface area contributed by atoms with Crippen LogP contribution in [0.25, 0.3) is 11.0 Å². The summed E-state index contributed by atoms with van der Waals surface area (Å²) in [6.07, 6.45) is 5.14. The number of carbonyl (C=O) groups excluding carboxylic acids is 3. The highest BCUT2D eigenvalue weighted by molar-refractivity contribution is 6.31. The second kappa shape index (κ2) is 10.4. The molecule has 1 heterocycles. The number of hydrogen-bond donors (Lipinski definition) is 2. The van der Waals surface area contributed by atoms with Gasteiger partial charge in [-0.1, -0.05) is 30.9 Å². The third-order valence-electron chi connectivity index (χ3n) is 6.39. The van der Waals surface area contributed by atoms with Gasteiger partial charge in [0.15, 0.2) is 0 Å². The number of aryl methyl sites for hydroxylation is 1. The van der Waals surface area contributed by atoms with Crippen molar-refractivity contribution in [3.8, 4) is 0 Å². The SMILES string of the molecule is CN(C(=O)C1CCCCC1)c1ccc2c(c1)nc(NC(=O)c1ccc(F)c(Cl)c1)n2CCC(N)=O. The van der Waals surface area contributed by atoms with E-state index in [4.69, 9.17) is 17.3 Å². The number of rotatable bonds is 7. The summed E-state index contributed by atoms with van der Waals surface area (Å²) in [5.41, 5.74) is 7.40. The summed E-state index contributed by atoms with van der Waals surface area (Å²) in [6, 6.07) is 9.05. The number of anilines is 2. The van der Waals surface area contributed by atoms with Gasteiger partial charge in [-0.15, -0.1) is 0 Å². The highest BCUT2D eigenvalue weighted by Crippen LogP contribution is 2.30. The molecule has 184 valence electrons. The van der Waals surface area contributed by atoms with Gasteiger partial charge in [-0.25, -0.2) is 9.37 Å². The summed E-state index contributed by atoms with van der Waals surface area (Å²) in [4.78, 5) is 43.4. The van der Waals surface area contributed by atoms with Crippen molar-refractivity contribution >= 4 is 52.0 Å². The predicted octanol–water partition coefficient (Wildman–Crippen LogP) is 4.50. The van der Waals surface area contributed by atoms with Gasteiger partial charge in [0.2, 0.25) is 17.8 Å². The Bertz CT molecular complexity index is 1290. The van der Waals surface area contributed by atoms with Gasteiger partial charge in [0, 0.05) is 37.2 Å². The fourth-order valence-corrected chi connectivity index (χ4v) is 4.61. The molecule has 3 amide bonds. The molecule has 10 heteroatoms. The maximum absolute atomic E-state index is 13.5. The molecule has 0 unspecified atom stereocenters. The van der Waals surface area contributed by atoms with Crippen LogP contribution in [-0.4, -0.2) is 34.3 Å². The number of imidazole rings is 1. The van der Waals surface area contributed by atoms with Crippen LogP contribution in [0.15, 0.2) is 36.4 Å². The van der Waals surface area contributed by atoms with Gasteiger partial charge in [0.1, 0.15) is 5.82 Å². The number of amides is 3. The van der Waals surface area contributed by atoms with Crippen LogP contribution in [0.2, 0.25) is 5.02 Å². The van der Waals surface area contributed by atoms with Crippen LogP contribution >= 0.6 is 11.6 Å². The molecule has 0 atom stereocenters. The van der Waals surface area contributed by atoms with Crippen molar-refractivity contribution in [3.05, 3.63) is 52.8 Å². The third kappa shape index (κ3) is 5.45. The smallest absolute Gasteiger partial charge is 0.258 e. The van der Waals surface area contributed by atoms with Crippen LogP contribution in [0.4, 0.5) is 16.0 Å². The molecule has 1 aliphatic carbocycles. The first-order valence-corrected chi connectivity index (χ1v) is 11.9. The van der Waals surface area contributed by atoms with E-state index in [-0.39, 0.29) is 41.3 Å². The highest BCUT2D eigenvalue weighted by atomic mass is 35.5. The van der Waals surface area contributed by atoms with E-state index < -0.39 is 17.6 Å². The van der Waals surface area contributed by atoms with Gasteiger partial charge in [0.25, 0.3) is 5.91 Å². The summed E-state index contributed by atoms with van der Waals surface area (Å²) in [6.45, 7) is 0.196. The Balaban J connectivity index is 1.64. The number of nitrogens with two attached hydrogens (primary N) is 1. The van der Waals surface area contributed by atoms with Crippen LogP contribution in [0.3, 0.4) is 0 Å². The third-order valence-corrected chi connectivity index (χ3v) is 6.68. The van der Waals surface area contributed by atoms with E-state index in [0.29, 0.717) is 16.7 Å². The minimum absolute atomic E-state index is 0.0231. The normalized spacial score (nSPS) is 14.1. The lowest BCUT2D eigenvalue weighted by Gasteiger charge is -2.26. The molecule has 3 N–H and O–H groups in total. The fourth-order valence-electron chi connectivity index (χ4n) is 4.43. The fraction of sp³-hybridized carbons (Fsp3) is 0.360. The Kier molecular flexibility index (Phi) is 7.35. The minimum atomic E-state index is -0.628. The molecule has 0 radical (unpaired) electrons. The molecule has 0 saturated heterocycles. The molecule has 1 saturated carbocycles. The Morgan fingerprint density at radius 1 is 1.17 bits per heavy atom. The average Bonchev–Trinajstić information content (AvgIpc) is 3.19. The zero-order valence-corrected chi connectivity index (χ0v) is 20.1. The Labute approximate surface area is 207 Å². The van der Waals surface area contributed by atoms with Crippen molar-refractivity contribution < 1.29 is 18.8 Å². The van der Waals surface area contributed by atoms with Gasteiger partial charge >= 0.3 is 0 Å². The summed E-state index contributed by atoms with van der Waals surface area (Å²) in [7, 11) is 1.75. The number of aromatic nitrogens is 2. The first-order chi connectivity index (χ1) is 16.7. The first-order valence-electron chi connectivity index (χ1n) is 11.6. The molecule has 1 aromatic heterocycles. The molecule has 1 fully saturated rings. The van der Waals surface area contributed by atoms with E-state index in [0.717, 1.165) is 31.7 Å². The zero-order chi connectivity index (χ0) is 25.1. The number of hydrogen-bond acceptors (Lipinski definition) is 4. The monoisotopic (exact) mass is 499 g/mol. The molecule has 4 rings (SSSR count). The lowest BCUT2D eigenvalue weighted by molar-refractivity contribution is -0.123. The number of fused-ring (bicyclic) bond motifs is 1.